The fraction of sp³-hybridized carbons (Fsp3) is 0.364. The average molecular weight is 356 g/mol. The molecule has 1 aromatic carbocycles. The first kappa shape index (κ1) is 16.2. The molecule has 1 atom stereocenters. The Morgan fingerprint density at radius 2 is 2.05 bits per heavy atom. The molecule has 1 N–H and O–H groups in total. The minimum Gasteiger partial charge on any atom is -0.326 e. The van der Waals surface area contributed by atoms with Crippen molar-refractivity contribution >= 4 is 41.2 Å². The van der Waals surface area contributed by atoms with E-state index < -0.39 is 41.4 Å². The molecule has 0 spiro atoms. The number of sulfone groups is 1. The molecule has 0 aromatic heterocycles. The summed E-state index contributed by atoms with van der Waals surface area (Å²) in [5, 5.41) is 2.36. The summed E-state index contributed by atoms with van der Waals surface area (Å²) in [6.45, 7) is 0. The predicted molar refractivity (Wildman–Crippen MR) is 74.8 cm³/mol. The lowest BCUT2D eigenvalue weighted by Crippen LogP contribution is -2.23. The maximum absolute atomic E-state index is 13.6. The van der Waals surface area contributed by atoms with Gasteiger partial charge >= 0.3 is 0 Å². The number of hydrogen-bond donors (Lipinski definition) is 1. The standard InChI is InChI=1S/C11H11ClFNO5S2/c12-21(18,19)10-2-1-8(5-9(10)13)14-11(15)7-3-4-20(16,17)6-7/h1-2,5,7H,3-4,6H2,(H,14,15). The number of rotatable bonds is 3. The first-order chi connectivity index (χ1) is 9.58. The third-order valence-corrected chi connectivity index (χ3v) is 6.19. The van der Waals surface area contributed by atoms with Gasteiger partial charge in [0.15, 0.2) is 9.84 Å². The van der Waals surface area contributed by atoms with Gasteiger partial charge in [-0.15, -0.1) is 0 Å². The highest BCUT2D eigenvalue weighted by Crippen LogP contribution is 2.24. The van der Waals surface area contributed by atoms with Gasteiger partial charge in [-0.1, -0.05) is 0 Å². The minimum absolute atomic E-state index is 0.0332. The van der Waals surface area contributed by atoms with Gasteiger partial charge in [0.05, 0.1) is 17.4 Å². The van der Waals surface area contributed by atoms with E-state index in [1.807, 2.05) is 0 Å². The van der Waals surface area contributed by atoms with Crippen molar-refractivity contribution in [2.24, 2.45) is 5.92 Å². The summed E-state index contributed by atoms with van der Waals surface area (Å²) in [5.74, 6) is -2.62. The Morgan fingerprint density at radius 3 is 2.52 bits per heavy atom. The van der Waals surface area contributed by atoms with Crippen molar-refractivity contribution in [1.29, 1.82) is 0 Å². The van der Waals surface area contributed by atoms with E-state index in [2.05, 4.69) is 5.32 Å². The Morgan fingerprint density at radius 1 is 1.38 bits per heavy atom. The summed E-state index contributed by atoms with van der Waals surface area (Å²) >= 11 is 0. The van der Waals surface area contributed by atoms with E-state index in [1.54, 1.807) is 0 Å². The fourth-order valence-corrected chi connectivity index (χ4v) is 4.66. The Kier molecular flexibility index (Phi) is 4.27. The lowest BCUT2D eigenvalue weighted by Gasteiger charge is -2.10. The van der Waals surface area contributed by atoms with Crippen molar-refractivity contribution in [1.82, 2.24) is 0 Å². The molecule has 1 aliphatic heterocycles. The van der Waals surface area contributed by atoms with Crippen LogP contribution in [0.15, 0.2) is 23.1 Å². The van der Waals surface area contributed by atoms with Crippen LogP contribution in [0.5, 0.6) is 0 Å². The van der Waals surface area contributed by atoms with E-state index in [-0.39, 0.29) is 23.6 Å². The average Bonchev–Trinajstić information content (AvgIpc) is 2.68. The van der Waals surface area contributed by atoms with Crippen LogP contribution in [-0.2, 0) is 23.7 Å². The monoisotopic (exact) mass is 355 g/mol. The molecule has 1 fully saturated rings. The molecule has 0 radical (unpaired) electrons. The van der Waals surface area contributed by atoms with E-state index in [1.165, 1.54) is 6.07 Å². The van der Waals surface area contributed by atoms with Crippen molar-refractivity contribution < 1.29 is 26.0 Å². The number of benzene rings is 1. The van der Waals surface area contributed by atoms with E-state index in [0.717, 1.165) is 12.1 Å². The van der Waals surface area contributed by atoms with Crippen LogP contribution in [0.25, 0.3) is 0 Å². The fourth-order valence-electron chi connectivity index (χ4n) is 2.02. The van der Waals surface area contributed by atoms with Gasteiger partial charge in [0.25, 0.3) is 9.05 Å². The molecule has 0 bridgehead atoms. The zero-order valence-electron chi connectivity index (χ0n) is 10.5. The van der Waals surface area contributed by atoms with Crippen molar-refractivity contribution in [3.05, 3.63) is 24.0 Å². The Labute approximate surface area is 125 Å². The minimum atomic E-state index is -4.20. The lowest BCUT2D eigenvalue weighted by molar-refractivity contribution is -0.119. The molecule has 2 rings (SSSR count). The highest BCUT2D eigenvalue weighted by molar-refractivity contribution is 8.13. The van der Waals surface area contributed by atoms with Gasteiger partial charge in [-0.2, -0.15) is 0 Å². The van der Waals surface area contributed by atoms with Crippen LogP contribution in [-0.4, -0.2) is 34.2 Å². The van der Waals surface area contributed by atoms with Crippen LogP contribution in [0, 0.1) is 11.7 Å². The maximum atomic E-state index is 13.6. The molecular weight excluding hydrogens is 345 g/mol. The van der Waals surface area contributed by atoms with Crippen LogP contribution < -0.4 is 5.32 Å². The zero-order chi connectivity index (χ0) is 15.8. The Balaban J connectivity index is 2.14. The van der Waals surface area contributed by atoms with Crippen molar-refractivity contribution in [2.45, 2.75) is 11.3 Å². The predicted octanol–water partition coefficient (Wildman–Crippen LogP) is 1.13. The van der Waals surface area contributed by atoms with Crippen LogP contribution in [0.3, 0.4) is 0 Å². The number of carbonyl (C=O) groups excluding carboxylic acids is 1. The highest BCUT2D eigenvalue weighted by atomic mass is 35.7. The molecular formula is C11H11ClFNO5S2. The van der Waals surface area contributed by atoms with E-state index in [0.29, 0.717) is 0 Å². The SMILES string of the molecule is O=C(Nc1ccc(S(=O)(=O)Cl)c(F)c1)C1CCS(=O)(=O)C1. The van der Waals surface area contributed by atoms with Gasteiger partial charge in [0, 0.05) is 16.4 Å². The number of halogens is 2. The van der Waals surface area contributed by atoms with Crippen LogP contribution in [0.1, 0.15) is 6.42 Å². The lowest BCUT2D eigenvalue weighted by atomic mass is 10.1. The van der Waals surface area contributed by atoms with Crippen molar-refractivity contribution in [3.63, 3.8) is 0 Å². The highest BCUT2D eigenvalue weighted by Gasteiger charge is 2.33. The zero-order valence-corrected chi connectivity index (χ0v) is 12.9. The molecule has 1 saturated heterocycles. The first-order valence-corrected chi connectivity index (χ1v) is 9.97. The van der Waals surface area contributed by atoms with Crippen LogP contribution >= 0.6 is 10.7 Å². The normalized spacial score (nSPS) is 21.1. The molecule has 0 aliphatic carbocycles. The Hall–Kier alpha value is -1.19. The molecule has 1 heterocycles. The molecule has 6 nitrogen and oxygen atoms in total. The van der Waals surface area contributed by atoms with Crippen LogP contribution in [0.2, 0.25) is 0 Å². The Bertz CT molecular complexity index is 791. The molecule has 21 heavy (non-hydrogen) atoms. The van der Waals surface area contributed by atoms with Gasteiger partial charge in [-0.25, -0.2) is 21.2 Å². The smallest absolute Gasteiger partial charge is 0.264 e. The van der Waals surface area contributed by atoms with E-state index in [9.17, 15) is 26.0 Å². The maximum Gasteiger partial charge on any atom is 0.264 e. The molecule has 116 valence electrons. The summed E-state index contributed by atoms with van der Waals surface area (Å²) < 4.78 is 58.2. The second-order valence-corrected chi connectivity index (χ2v) is 9.44. The second kappa shape index (κ2) is 5.54. The molecule has 10 heteroatoms. The molecule has 1 unspecified atom stereocenters. The summed E-state index contributed by atoms with van der Waals surface area (Å²) in [5.41, 5.74) is 0.0332. The third-order valence-electron chi connectivity index (χ3n) is 3.07. The van der Waals surface area contributed by atoms with Crippen molar-refractivity contribution in [2.75, 3.05) is 16.8 Å². The topological polar surface area (TPSA) is 97.4 Å². The largest absolute Gasteiger partial charge is 0.326 e. The summed E-state index contributed by atoms with van der Waals surface area (Å²) in [7, 11) is -2.37. The van der Waals surface area contributed by atoms with Crippen molar-refractivity contribution in [3.8, 4) is 0 Å². The molecule has 0 saturated carbocycles. The molecule has 1 amide bonds. The molecule has 1 aromatic rings. The summed E-state index contributed by atoms with van der Waals surface area (Å²) in [4.78, 5) is 11.2. The van der Waals surface area contributed by atoms with Gasteiger partial charge in [0.2, 0.25) is 5.91 Å². The number of hydrogen-bond acceptors (Lipinski definition) is 5. The third kappa shape index (κ3) is 3.92. The van der Waals surface area contributed by atoms with E-state index >= 15 is 0 Å². The molecule has 1 aliphatic rings. The number of nitrogens with one attached hydrogen (secondary N) is 1. The van der Waals surface area contributed by atoms with E-state index in [4.69, 9.17) is 10.7 Å². The van der Waals surface area contributed by atoms with Gasteiger partial charge in [-0.05, 0) is 24.6 Å². The summed E-state index contributed by atoms with van der Waals surface area (Å²) in [6.07, 6.45) is 0.213. The summed E-state index contributed by atoms with van der Waals surface area (Å²) in [6, 6.07) is 2.93. The van der Waals surface area contributed by atoms with Crippen LogP contribution in [0.4, 0.5) is 10.1 Å². The first-order valence-electron chi connectivity index (χ1n) is 5.84. The number of anilines is 1. The number of amides is 1. The second-order valence-electron chi connectivity index (χ2n) is 4.67. The van der Waals surface area contributed by atoms with Gasteiger partial charge in [-0.3, -0.25) is 4.79 Å². The van der Waals surface area contributed by atoms with Gasteiger partial charge < -0.3 is 5.32 Å². The number of carbonyl (C=O) groups is 1. The van der Waals surface area contributed by atoms with Gasteiger partial charge in [0.1, 0.15) is 10.7 Å². The quantitative estimate of drug-likeness (QED) is 0.819.